The van der Waals surface area contributed by atoms with Crippen molar-refractivity contribution in [3.05, 3.63) is 58.6 Å². The van der Waals surface area contributed by atoms with E-state index in [0.29, 0.717) is 10.2 Å². The van der Waals surface area contributed by atoms with Gasteiger partial charge in [0.2, 0.25) is 5.91 Å². The molecule has 0 fully saturated rings. The van der Waals surface area contributed by atoms with Crippen molar-refractivity contribution in [1.82, 2.24) is 0 Å². The molecule has 0 aromatic heterocycles. The summed E-state index contributed by atoms with van der Waals surface area (Å²) in [6.07, 6.45) is 0. The van der Waals surface area contributed by atoms with Crippen molar-refractivity contribution in [2.45, 2.75) is 6.04 Å². The molecule has 0 saturated heterocycles. The highest BCUT2D eigenvalue weighted by Gasteiger charge is 2.17. The maximum atomic E-state index is 12.0. The summed E-state index contributed by atoms with van der Waals surface area (Å²) in [6, 6.07) is 13.3. The fourth-order valence-corrected chi connectivity index (χ4v) is 2.00. The lowest BCUT2D eigenvalue weighted by molar-refractivity contribution is -0.117. The van der Waals surface area contributed by atoms with Gasteiger partial charge in [-0.1, -0.05) is 36.4 Å². The molecule has 2 aromatic rings. The first-order valence-electron chi connectivity index (χ1n) is 5.68. The third kappa shape index (κ3) is 3.13. The number of phenolic OH excluding ortho intramolecular Hbond substituents is 1. The molecule has 0 heterocycles. The molecule has 0 aliphatic carbocycles. The summed E-state index contributed by atoms with van der Waals surface area (Å²) in [4.78, 5) is 12.0. The number of hydrogen-bond acceptors (Lipinski definition) is 3. The Bertz CT molecular complexity index is 587. The Kier molecular flexibility index (Phi) is 4.19. The zero-order chi connectivity index (χ0) is 13.8. The first-order chi connectivity index (χ1) is 9.09. The van der Waals surface area contributed by atoms with Crippen LogP contribution in [0.5, 0.6) is 5.75 Å². The number of benzene rings is 2. The predicted octanol–water partition coefficient (Wildman–Crippen LogP) is 2.79. The van der Waals surface area contributed by atoms with Gasteiger partial charge in [0.1, 0.15) is 6.04 Å². The first-order valence-corrected chi connectivity index (χ1v) is 6.48. The average Bonchev–Trinajstić information content (AvgIpc) is 2.44. The largest absolute Gasteiger partial charge is 0.505 e. The van der Waals surface area contributed by atoms with E-state index in [1.165, 1.54) is 0 Å². The Labute approximate surface area is 119 Å². The lowest BCUT2D eigenvalue weighted by atomic mass is 10.1. The van der Waals surface area contributed by atoms with Crippen LogP contribution in [0.15, 0.2) is 53.0 Å². The number of hydrogen-bond donors (Lipinski definition) is 3. The van der Waals surface area contributed by atoms with Gasteiger partial charge in [-0.25, -0.2) is 0 Å². The molecule has 2 rings (SSSR count). The molecular weight excluding hydrogens is 308 g/mol. The Morgan fingerprint density at radius 3 is 2.53 bits per heavy atom. The van der Waals surface area contributed by atoms with Crippen LogP contribution >= 0.6 is 15.9 Å². The zero-order valence-electron chi connectivity index (χ0n) is 10.0. The van der Waals surface area contributed by atoms with E-state index >= 15 is 0 Å². The standard InChI is InChI=1S/C14H13BrN2O2/c15-10-7-4-8-11(13(10)18)17-14(19)12(16)9-5-2-1-3-6-9/h1-8,12,18H,16H2,(H,17,19)/t12-/m1/s1. The first kappa shape index (κ1) is 13.6. The molecule has 0 aliphatic rings. The number of carbonyl (C=O) groups excluding carboxylic acids is 1. The van der Waals surface area contributed by atoms with Gasteiger partial charge >= 0.3 is 0 Å². The maximum absolute atomic E-state index is 12.0. The molecule has 4 N–H and O–H groups in total. The molecule has 19 heavy (non-hydrogen) atoms. The highest BCUT2D eigenvalue weighted by molar-refractivity contribution is 9.10. The monoisotopic (exact) mass is 320 g/mol. The van der Waals surface area contributed by atoms with Crippen LogP contribution in [0.4, 0.5) is 5.69 Å². The Morgan fingerprint density at radius 2 is 1.84 bits per heavy atom. The van der Waals surface area contributed by atoms with Gasteiger partial charge < -0.3 is 16.2 Å². The molecule has 0 aliphatic heterocycles. The molecule has 0 unspecified atom stereocenters. The highest BCUT2D eigenvalue weighted by atomic mass is 79.9. The second-order valence-corrected chi connectivity index (χ2v) is 4.87. The quantitative estimate of drug-likeness (QED) is 0.761. The number of aromatic hydroxyl groups is 1. The molecule has 0 radical (unpaired) electrons. The van der Waals surface area contributed by atoms with E-state index in [4.69, 9.17) is 5.73 Å². The molecule has 98 valence electrons. The van der Waals surface area contributed by atoms with Gasteiger partial charge in [-0.15, -0.1) is 0 Å². The SMILES string of the molecule is N[C@@H](C(=O)Nc1cccc(Br)c1O)c1ccccc1. The smallest absolute Gasteiger partial charge is 0.245 e. The Morgan fingerprint density at radius 1 is 1.16 bits per heavy atom. The third-order valence-corrected chi connectivity index (χ3v) is 3.33. The second-order valence-electron chi connectivity index (χ2n) is 4.01. The van der Waals surface area contributed by atoms with E-state index in [2.05, 4.69) is 21.2 Å². The number of halogens is 1. The van der Waals surface area contributed by atoms with Gasteiger partial charge in [0.05, 0.1) is 10.2 Å². The second kappa shape index (κ2) is 5.86. The number of nitrogens with two attached hydrogens (primary N) is 1. The fourth-order valence-electron chi connectivity index (χ4n) is 1.64. The van der Waals surface area contributed by atoms with Gasteiger partial charge in [0.25, 0.3) is 0 Å². The van der Waals surface area contributed by atoms with Gasteiger partial charge in [0, 0.05) is 0 Å². The summed E-state index contributed by atoms with van der Waals surface area (Å²) in [5, 5.41) is 12.4. The van der Waals surface area contributed by atoms with E-state index in [0.717, 1.165) is 5.56 Å². The summed E-state index contributed by atoms with van der Waals surface area (Å²) in [6.45, 7) is 0. The molecule has 0 bridgehead atoms. The Balaban J connectivity index is 2.15. The number of carbonyl (C=O) groups is 1. The third-order valence-electron chi connectivity index (χ3n) is 2.69. The van der Waals surface area contributed by atoms with Crippen LogP contribution in [0.2, 0.25) is 0 Å². The maximum Gasteiger partial charge on any atom is 0.245 e. The van der Waals surface area contributed by atoms with Crippen LogP contribution in [0.3, 0.4) is 0 Å². The van der Waals surface area contributed by atoms with Crippen molar-refractivity contribution in [3.63, 3.8) is 0 Å². The van der Waals surface area contributed by atoms with Gasteiger partial charge in [-0.2, -0.15) is 0 Å². The number of nitrogens with one attached hydrogen (secondary N) is 1. The van der Waals surface area contributed by atoms with Crippen LogP contribution in [-0.4, -0.2) is 11.0 Å². The van der Waals surface area contributed by atoms with E-state index in [-0.39, 0.29) is 11.7 Å². The van der Waals surface area contributed by atoms with Crippen LogP contribution in [0.25, 0.3) is 0 Å². The number of phenols is 1. The van der Waals surface area contributed by atoms with Gasteiger partial charge in [-0.05, 0) is 33.6 Å². The predicted molar refractivity (Wildman–Crippen MR) is 77.8 cm³/mol. The normalized spacial score (nSPS) is 11.9. The summed E-state index contributed by atoms with van der Waals surface area (Å²) in [7, 11) is 0. The van der Waals surface area contributed by atoms with E-state index in [1.54, 1.807) is 30.3 Å². The Hall–Kier alpha value is -1.85. The lowest BCUT2D eigenvalue weighted by Crippen LogP contribution is -2.27. The molecule has 0 saturated carbocycles. The van der Waals surface area contributed by atoms with Crippen molar-refractivity contribution < 1.29 is 9.90 Å². The molecule has 1 atom stereocenters. The van der Waals surface area contributed by atoms with Crippen LogP contribution < -0.4 is 11.1 Å². The van der Waals surface area contributed by atoms with E-state index in [9.17, 15) is 9.90 Å². The van der Waals surface area contributed by atoms with E-state index < -0.39 is 6.04 Å². The fraction of sp³-hybridized carbons (Fsp3) is 0.0714. The minimum absolute atomic E-state index is 0.0175. The van der Waals surface area contributed by atoms with Crippen molar-refractivity contribution >= 4 is 27.5 Å². The summed E-state index contributed by atoms with van der Waals surface area (Å²) >= 11 is 3.19. The van der Waals surface area contributed by atoms with Crippen molar-refractivity contribution in [2.24, 2.45) is 5.73 Å². The number of rotatable bonds is 3. The molecule has 0 spiro atoms. The summed E-state index contributed by atoms with van der Waals surface area (Å²) < 4.78 is 0.513. The zero-order valence-corrected chi connectivity index (χ0v) is 11.6. The van der Waals surface area contributed by atoms with Gasteiger partial charge in [0.15, 0.2) is 5.75 Å². The number of amides is 1. The van der Waals surface area contributed by atoms with Crippen molar-refractivity contribution in [3.8, 4) is 5.75 Å². The summed E-state index contributed by atoms with van der Waals surface area (Å²) in [5.41, 5.74) is 6.91. The molecule has 2 aromatic carbocycles. The molecule has 4 nitrogen and oxygen atoms in total. The number of para-hydroxylation sites is 1. The molecule has 1 amide bonds. The average molecular weight is 321 g/mol. The van der Waals surface area contributed by atoms with Crippen molar-refractivity contribution in [1.29, 1.82) is 0 Å². The highest BCUT2D eigenvalue weighted by Crippen LogP contribution is 2.31. The minimum atomic E-state index is -0.778. The molecule has 5 heteroatoms. The van der Waals surface area contributed by atoms with Crippen LogP contribution in [0.1, 0.15) is 11.6 Å². The van der Waals surface area contributed by atoms with E-state index in [1.807, 2.05) is 18.2 Å². The van der Waals surface area contributed by atoms with Crippen LogP contribution in [-0.2, 0) is 4.79 Å². The molecular formula is C14H13BrN2O2. The minimum Gasteiger partial charge on any atom is -0.505 e. The van der Waals surface area contributed by atoms with Crippen molar-refractivity contribution in [2.75, 3.05) is 5.32 Å². The lowest BCUT2D eigenvalue weighted by Gasteiger charge is -2.13. The number of anilines is 1. The van der Waals surface area contributed by atoms with Crippen LogP contribution in [0, 0.1) is 0 Å². The van der Waals surface area contributed by atoms with Gasteiger partial charge in [-0.3, -0.25) is 4.79 Å². The topological polar surface area (TPSA) is 75.4 Å². The summed E-state index contributed by atoms with van der Waals surface area (Å²) in [5.74, 6) is -0.393.